The van der Waals surface area contributed by atoms with Crippen LogP contribution in [0.25, 0.3) is 0 Å². The Bertz CT molecular complexity index is 1040. The molecule has 1 heterocycles. The highest BCUT2D eigenvalue weighted by Crippen LogP contribution is 2.24. The Kier molecular flexibility index (Phi) is 11.3. The molecule has 2 atom stereocenters. The van der Waals surface area contributed by atoms with Gasteiger partial charge in [-0.1, -0.05) is 13.8 Å². The van der Waals surface area contributed by atoms with Crippen molar-refractivity contribution < 1.29 is 38.2 Å². The average Bonchev–Trinajstić information content (AvgIpc) is 3.35. The molecule has 0 aliphatic heterocycles. The van der Waals surface area contributed by atoms with Gasteiger partial charge in [-0.2, -0.15) is 0 Å². The van der Waals surface area contributed by atoms with Crippen LogP contribution in [0.5, 0.6) is 11.5 Å². The van der Waals surface area contributed by atoms with Crippen LogP contribution in [0.3, 0.4) is 0 Å². The van der Waals surface area contributed by atoms with Crippen molar-refractivity contribution in [2.24, 2.45) is 5.92 Å². The number of carbonyl (C=O) groups excluding carboxylic acids is 3. The minimum atomic E-state index is -1.23. The van der Waals surface area contributed by atoms with Gasteiger partial charge in [0.25, 0.3) is 0 Å². The lowest BCUT2D eigenvalue weighted by molar-refractivity contribution is -0.140. The zero-order chi connectivity index (χ0) is 26.7. The number of rotatable bonds is 15. The van der Waals surface area contributed by atoms with E-state index in [4.69, 9.17) is 13.9 Å². The van der Waals surface area contributed by atoms with Crippen LogP contribution in [0.2, 0.25) is 0 Å². The fraction of sp³-hybridized carbons (Fsp3) is 0.440. The van der Waals surface area contributed by atoms with Gasteiger partial charge in [0.15, 0.2) is 5.78 Å². The topological polar surface area (TPSA) is 144 Å². The second kappa shape index (κ2) is 14.2. The Balaban J connectivity index is 2.04. The van der Waals surface area contributed by atoms with Crippen LogP contribution >= 0.6 is 11.8 Å². The van der Waals surface area contributed by atoms with Gasteiger partial charge in [0.05, 0.1) is 50.9 Å². The number of nitrogens with one attached hydrogen (secondary N) is 2. The molecular weight excluding hydrogens is 488 g/mol. The van der Waals surface area contributed by atoms with Crippen molar-refractivity contribution in [3.8, 4) is 11.5 Å². The summed E-state index contributed by atoms with van der Waals surface area (Å²) in [6.07, 6.45) is 0.888. The van der Waals surface area contributed by atoms with Gasteiger partial charge in [0, 0.05) is 5.56 Å². The first-order valence-electron chi connectivity index (χ1n) is 11.3. The quantitative estimate of drug-likeness (QED) is 0.322. The van der Waals surface area contributed by atoms with Crippen molar-refractivity contribution in [1.82, 2.24) is 10.6 Å². The maximum absolute atomic E-state index is 13.0. The Hall–Kier alpha value is -3.47. The third-order valence-corrected chi connectivity index (χ3v) is 6.23. The highest BCUT2D eigenvalue weighted by atomic mass is 32.2. The zero-order valence-electron chi connectivity index (χ0n) is 20.7. The second-order valence-electron chi connectivity index (χ2n) is 8.34. The number of carboxylic acids is 1. The number of ketones is 1. The van der Waals surface area contributed by atoms with Gasteiger partial charge in [-0.05, 0) is 36.2 Å². The average molecular weight is 521 g/mol. The van der Waals surface area contributed by atoms with Gasteiger partial charge in [0.2, 0.25) is 11.8 Å². The van der Waals surface area contributed by atoms with Crippen LogP contribution in [-0.4, -0.2) is 60.7 Å². The van der Waals surface area contributed by atoms with Gasteiger partial charge >= 0.3 is 5.97 Å². The predicted molar refractivity (Wildman–Crippen MR) is 134 cm³/mol. The molecule has 2 rings (SSSR count). The van der Waals surface area contributed by atoms with Crippen molar-refractivity contribution in [2.45, 2.75) is 44.5 Å². The van der Waals surface area contributed by atoms with E-state index in [-0.39, 0.29) is 18.1 Å². The molecule has 0 saturated heterocycles. The number of benzene rings is 1. The number of carbonyl (C=O) groups is 4. The number of methoxy groups -OCH3 is 2. The number of hydrogen-bond acceptors (Lipinski definition) is 8. The van der Waals surface area contributed by atoms with Gasteiger partial charge < -0.3 is 29.6 Å². The number of thioether (sulfide) groups is 1. The molecule has 2 amide bonds. The molecule has 0 fully saturated rings. The van der Waals surface area contributed by atoms with Crippen LogP contribution in [0.1, 0.15) is 31.6 Å². The molecule has 0 spiro atoms. The van der Waals surface area contributed by atoms with E-state index in [1.165, 1.54) is 32.2 Å². The van der Waals surface area contributed by atoms with E-state index in [0.717, 1.165) is 0 Å². The van der Waals surface area contributed by atoms with Crippen LogP contribution in [-0.2, 0) is 31.4 Å². The molecule has 0 aliphatic carbocycles. The van der Waals surface area contributed by atoms with Gasteiger partial charge in [-0.15, -0.1) is 11.8 Å². The minimum Gasteiger partial charge on any atom is -0.497 e. The van der Waals surface area contributed by atoms with Crippen LogP contribution in [0.4, 0.5) is 0 Å². The number of Topliss-reactive ketones (excluding diaryl/α,β-unsaturated/α-hetero) is 1. The van der Waals surface area contributed by atoms with E-state index < -0.39 is 42.1 Å². The molecule has 1 aromatic heterocycles. The van der Waals surface area contributed by atoms with E-state index >= 15 is 0 Å². The largest absolute Gasteiger partial charge is 0.497 e. The fourth-order valence-electron chi connectivity index (χ4n) is 3.38. The summed E-state index contributed by atoms with van der Waals surface area (Å²) in [6.45, 7) is 3.48. The molecule has 196 valence electrons. The Morgan fingerprint density at radius 1 is 1.08 bits per heavy atom. The molecule has 36 heavy (non-hydrogen) atoms. The summed E-state index contributed by atoms with van der Waals surface area (Å²) >= 11 is 1.26. The maximum Gasteiger partial charge on any atom is 0.305 e. The molecule has 0 radical (unpaired) electrons. The fourth-order valence-corrected chi connectivity index (χ4v) is 4.25. The first-order valence-corrected chi connectivity index (χ1v) is 12.4. The Labute approximate surface area is 214 Å². The summed E-state index contributed by atoms with van der Waals surface area (Å²) in [5.41, 5.74) is 0.574. The molecule has 0 aliphatic rings. The van der Waals surface area contributed by atoms with Gasteiger partial charge in [0.1, 0.15) is 23.3 Å². The van der Waals surface area contributed by atoms with Crippen LogP contribution in [0, 0.1) is 5.92 Å². The van der Waals surface area contributed by atoms with Crippen molar-refractivity contribution >= 4 is 35.3 Å². The lowest BCUT2D eigenvalue weighted by Gasteiger charge is -2.24. The highest BCUT2D eigenvalue weighted by Gasteiger charge is 2.30. The summed E-state index contributed by atoms with van der Waals surface area (Å²) in [6, 6.07) is 6.35. The number of aliphatic carboxylic acids is 1. The molecule has 0 bridgehead atoms. The Morgan fingerprint density at radius 3 is 2.42 bits per heavy atom. The molecule has 3 N–H and O–H groups in total. The third kappa shape index (κ3) is 8.95. The number of hydrogen-bond donors (Lipinski definition) is 3. The maximum atomic E-state index is 13.0. The second-order valence-corrected chi connectivity index (χ2v) is 9.33. The van der Waals surface area contributed by atoms with Crippen molar-refractivity contribution in [1.29, 1.82) is 0 Å². The monoisotopic (exact) mass is 520 g/mol. The van der Waals surface area contributed by atoms with Gasteiger partial charge in [-0.25, -0.2) is 0 Å². The van der Waals surface area contributed by atoms with Crippen LogP contribution < -0.4 is 20.1 Å². The molecular formula is C25H32N2O8S. The molecule has 0 unspecified atom stereocenters. The van der Waals surface area contributed by atoms with E-state index in [2.05, 4.69) is 10.6 Å². The summed E-state index contributed by atoms with van der Waals surface area (Å²) in [4.78, 5) is 49.8. The molecule has 11 heteroatoms. The summed E-state index contributed by atoms with van der Waals surface area (Å²) in [7, 11) is 3.00. The van der Waals surface area contributed by atoms with Gasteiger partial charge in [-0.3, -0.25) is 19.2 Å². The third-order valence-electron chi connectivity index (χ3n) is 5.26. The van der Waals surface area contributed by atoms with E-state index in [9.17, 15) is 24.3 Å². The van der Waals surface area contributed by atoms with E-state index in [0.29, 0.717) is 28.6 Å². The van der Waals surface area contributed by atoms with Crippen molar-refractivity contribution in [2.75, 3.05) is 20.0 Å². The minimum absolute atomic E-state index is 0.00668. The van der Waals surface area contributed by atoms with Crippen molar-refractivity contribution in [3.63, 3.8) is 0 Å². The molecule has 1 aromatic carbocycles. The smallest absolute Gasteiger partial charge is 0.305 e. The first-order chi connectivity index (χ1) is 17.1. The SMILES string of the molecule is COc1ccc(OC)c(CC(=O)N[C@H](C(=O)N[C@@H](CC(=O)O)C(=O)CSCc2ccco2)C(C)C)c1. The first kappa shape index (κ1) is 28.8. The van der Waals surface area contributed by atoms with E-state index in [1.807, 2.05) is 0 Å². The van der Waals surface area contributed by atoms with Crippen LogP contribution in [0.15, 0.2) is 41.0 Å². The Morgan fingerprint density at radius 2 is 1.83 bits per heavy atom. The lowest BCUT2D eigenvalue weighted by Crippen LogP contribution is -2.54. The number of ether oxygens (including phenoxy) is 2. The number of amides is 2. The highest BCUT2D eigenvalue weighted by molar-refractivity contribution is 7.99. The number of carboxylic acid groups (broad SMARTS) is 1. The molecule has 10 nitrogen and oxygen atoms in total. The summed E-state index contributed by atoms with van der Waals surface area (Å²) in [5, 5.41) is 14.5. The van der Waals surface area contributed by atoms with E-state index in [1.54, 1.807) is 44.2 Å². The summed E-state index contributed by atoms with van der Waals surface area (Å²) in [5.74, 6) is -0.892. The zero-order valence-corrected chi connectivity index (χ0v) is 21.6. The standard InChI is InChI=1S/C25H32N2O8S/c1-15(2)24(27-22(29)11-16-10-17(33-3)7-8-21(16)34-4)25(32)26-19(12-23(30)31)20(28)14-36-13-18-6-5-9-35-18/h5-10,15,19,24H,11-14H2,1-4H3,(H,26,32)(H,27,29)(H,30,31)/t19-,24-/m0/s1. The lowest BCUT2D eigenvalue weighted by atomic mass is 10.0. The molecule has 2 aromatic rings. The van der Waals surface area contributed by atoms with Crippen molar-refractivity contribution in [3.05, 3.63) is 47.9 Å². The summed E-state index contributed by atoms with van der Waals surface area (Å²) < 4.78 is 15.7. The number of furan rings is 1. The predicted octanol–water partition coefficient (Wildman–Crippen LogP) is 2.44. The molecule has 0 saturated carbocycles. The normalized spacial score (nSPS) is 12.5.